The Kier molecular flexibility index (Phi) is 4.28. The lowest BCUT2D eigenvalue weighted by atomic mass is 9.87. The summed E-state index contributed by atoms with van der Waals surface area (Å²) in [6.45, 7) is 9.50. The van der Waals surface area contributed by atoms with Crippen LogP contribution >= 0.6 is 0 Å². The van der Waals surface area contributed by atoms with Crippen molar-refractivity contribution in [3.05, 3.63) is 29.8 Å². The monoisotopic (exact) mass is 247 g/mol. The first-order valence-corrected chi connectivity index (χ1v) is 7.08. The van der Waals surface area contributed by atoms with E-state index in [1.54, 1.807) is 12.1 Å². The molecular formula is C16H25NO. The summed E-state index contributed by atoms with van der Waals surface area (Å²) < 4.78 is 0. The van der Waals surface area contributed by atoms with Gasteiger partial charge in [0.1, 0.15) is 5.75 Å². The van der Waals surface area contributed by atoms with E-state index in [2.05, 4.69) is 25.7 Å². The van der Waals surface area contributed by atoms with Gasteiger partial charge in [-0.05, 0) is 55.8 Å². The Bertz CT molecular complexity index is 373. The molecule has 0 radical (unpaired) electrons. The average Bonchev–Trinajstić information content (AvgIpc) is 2.35. The van der Waals surface area contributed by atoms with Crippen LogP contribution in [0.25, 0.3) is 0 Å². The minimum atomic E-state index is 0.354. The van der Waals surface area contributed by atoms with E-state index in [9.17, 15) is 5.11 Å². The lowest BCUT2D eigenvalue weighted by molar-refractivity contribution is 0.103. The van der Waals surface area contributed by atoms with Crippen LogP contribution in [0.4, 0.5) is 0 Å². The third-order valence-corrected chi connectivity index (χ3v) is 4.46. The van der Waals surface area contributed by atoms with Crippen LogP contribution in [0.2, 0.25) is 0 Å². The number of aromatic hydroxyl groups is 1. The maximum absolute atomic E-state index is 9.29. The second-order valence-electron chi connectivity index (χ2n) is 5.96. The summed E-state index contributed by atoms with van der Waals surface area (Å²) in [5, 5.41) is 9.29. The van der Waals surface area contributed by atoms with Crippen LogP contribution in [0.1, 0.15) is 32.8 Å². The summed E-state index contributed by atoms with van der Waals surface area (Å²) >= 11 is 0. The topological polar surface area (TPSA) is 23.5 Å². The molecule has 1 N–H and O–H groups in total. The number of phenols is 1. The summed E-state index contributed by atoms with van der Waals surface area (Å²) in [4.78, 5) is 2.61. The van der Waals surface area contributed by atoms with Gasteiger partial charge in [0, 0.05) is 12.6 Å². The fourth-order valence-electron chi connectivity index (χ4n) is 2.80. The lowest BCUT2D eigenvalue weighted by Gasteiger charge is -2.39. The van der Waals surface area contributed by atoms with Crippen LogP contribution < -0.4 is 0 Å². The first-order valence-electron chi connectivity index (χ1n) is 7.08. The number of benzene rings is 1. The van der Waals surface area contributed by atoms with Crippen LogP contribution in [-0.4, -0.2) is 29.1 Å². The van der Waals surface area contributed by atoms with Crippen molar-refractivity contribution >= 4 is 0 Å². The van der Waals surface area contributed by atoms with Crippen molar-refractivity contribution in [2.45, 2.75) is 39.7 Å². The third-order valence-electron chi connectivity index (χ3n) is 4.46. The van der Waals surface area contributed by atoms with E-state index in [0.717, 1.165) is 18.3 Å². The molecule has 1 fully saturated rings. The number of nitrogens with zero attached hydrogens (tertiary/aromatic N) is 1. The zero-order chi connectivity index (χ0) is 13.1. The molecule has 0 saturated carbocycles. The van der Waals surface area contributed by atoms with Gasteiger partial charge in [-0.15, -0.1) is 0 Å². The Balaban J connectivity index is 1.91. The number of piperidine rings is 1. The quantitative estimate of drug-likeness (QED) is 0.886. The van der Waals surface area contributed by atoms with Gasteiger partial charge in [-0.2, -0.15) is 0 Å². The first kappa shape index (κ1) is 13.4. The Labute approximate surface area is 111 Å². The van der Waals surface area contributed by atoms with Gasteiger partial charge in [-0.25, -0.2) is 0 Å². The fraction of sp³-hybridized carbons (Fsp3) is 0.625. The maximum atomic E-state index is 9.29. The highest BCUT2D eigenvalue weighted by Gasteiger charge is 2.25. The number of hydrogen-bond acceptors (Lipinski definition) is 2. The summed E-state index contributed by atoms with van der Waals surface area (Å²) in [5.74, 6) is 2.02. The number of likely N-dealkylation sites (tertiary alicyclic amines) is 1. The van der Waals surface area contributed by atoms with Gasteiger partial charge in [0.05, 0.1) is 0 Å². The van der Waals surface area contributed by atoms with Gasteiger partial charge in [-0.1, -0.05) is 26.0 Å². The number of phenolic OH excluding ortho intramolecular Hbond substituents is 1. The molecule has 3 unspecified atom stereocenters. The van der Waals surface area contributed by atoms with Gasteiger partial charge < -0.3 is 10.0 Å². The van der Waals surface area contributed by atoms with Crippen LogP contribution in [-0.2, 0) is 6.42 Å². The summed E-state index contributed by atoms with van der Waals surface area (Å²) in [7, 11) is 0. The highest BCUT2D eigenvalue weighted by molar-refractivity contribution is 5.26. The molecule has 0 spiro atoms. The Morgan fingerprint density at radius 3 is 2.50 bits per heavy atom. The van der Waals surface area contributed by atoms with E-state index in [1.807, 2.05) is 12.1 Å². The standard InChI is InChI=1S/C16H25NO/c1-12-8-9-17(11-13(12)2)14(3)10-15-4-6-16(18)7-5-15/h4-7,12-14,18H,8-11H2,1-3H3. The molecule has 100 valence electrons. The van der Waals surface area contributed by atoms with E-state index < -0.39 is 0 Å². The summed E-state index contributed by atoms with van der Waals surface area (Å²) in [5.41, 5.74) is 1.31. The van der Waals surface area contributed by atoms with Crippen molar-refractivity contribution in [2.24, 2.45) is 11.8 Å². The van der Waals surface area contributed by atoms with Crippen LogP contribution in [0, 0.1) is 11.8 Å². The van der Waals surface area contributed by atoms with Gasteiger partial charge in [0.25, 0.3) is 0 Å². The molecule has 0 bridgehead atoms. The van der Waals surface area contributed by atoms with Crippen molar-refractivity contribution in [3.63, 3.8) is 0 Å². The summed E-state index contributed by atoms with van der Waals surface area (Å²) in [6, 6.07) is 8.21. The molecule has 1 aromatic rings. The second-order valence-corrected chi connectivity index (χ2v) is 5.96. The predicted molar refractivity (Wildman–Crippen MR) is 75.8 cm³/mol. The smallest absolute Gasteiger partial charge is 0.115 e. The van der Waals surface area contributed by atoms with Crippen molar-refractivity contribution < 1.29 is 5.11 Å². The maximum Gasteiger partial charge on any atom is 0.115 e. The average molecular weight is 247 g/mol. The molecule has 18 heavy (non-hydrogen) atoms. The van der Waals surface area contributed by atoms with Crippen LogP contribution in [0.3, 0.4) is 0 Å². The Hall–Kier alpha value is -1.02. The Morgan fingerprint density at radius 1 is 1.22 bits per heavy atom. The molecule has 2 rings (SSSR count). The number of hydrogen-bond donors (Lipinski definition) is 1. The van der Waals surface area contributed by atoms with E-state index >= 15 is 0 Å². The number of rotatable bonds is 3. The van der Waals surface area contributed by atoms with E-state index in [-0.39, 0.29) is 0 Å². The van der Waals surface area contributed by atoms with E-state index in [0.29, 0.717) is 11.8 Å². The molecule has 1 aliphatic rings. The molecule has 0 aliphatic carbocycles. The molecule has 0 amide bonds. The summed E-state index contributed by atoms with van der Waals surface area (Å²) in [6.07, 6.45) is 2.39. The minimum Gasteiger partial charge on any atom is -0.508 e. The van der Waals surface area contributed by atoms with Crippen molar-refractivity contribution in [2.75, 3.05) is 13.1 Å². The highest BCUT2D eigenvalue weighted by Crippen LogP contribution is 2.25. The molecule has 1 saturated heterocycles. The largest absolute Gasteiger partial charge is 0.508 e. The predicted octanol–water partition coefficient (Wildman–Crippen LogP) is 3.30. The van der Waals surface area contributed by atoms with Crippen LogP contribution in [0.5, 0.6) is 5.75 Å². The van der Waals surface area contributed by atoms with Gasteiger partial charge >= 0.3 is 0 Å². The van der Waals surface area contributed by atoms with Gasteiger partial charge in [0.15, 0.2) is 0 Å². The molecule has 1 heterocycles. The minimum absolute atomic E-state index is 0.354. The van der Waals surface area contributed by atoms with Gasteiger partial charge in [0.2, 0.25) is 0 Å². The molecule has 1 aliphatic heterocycles. The zero-order valence-electron chi connectivity index (χ0n) is 11.8. The molecule has 2 heteroatoms. The van der Waals surface area contributed by atoms with E-state index in [1.165, 1.54) is 25.1 Å². The molecule has 0 aromatic heterocycles. The van der Waals surface area contributed by atoms with E-state index in [4.69, 9.17) is 0 Å². The lowest BCUT2D eigenvalue weighted by Crippen LogP contribution is -2.44. The van der Waals surface area contributed by atoms with Crippen molar-refractivity contribution in [1.29, 1.82) is 0 Å². The van der Waals surface area contributed by atoms with Gasteiger partial charge in [-0.3, -0.25) is 0 Å². The van der Waals surface area contributed by atoms with Crippen LogP contribution in [0.15, 0.2) is 24.3 Å². The zero-order valence-corrected chi connectivity index (χ0v) is 11.8. The molecule has 3 atom stereocenters. The molecule has 2 nitrogen and oxygen atoms in total. The molecular weight excluding hydrogens is 222 g/mol. The normalized spacial score (nSPS) is 27.1. The SMILES string of the molecule is CC1CCN(C(C)Cc2ccc(O)cc2)CC1C. The molecule has 1 aromatic carbocycles. The second kappa shape index (κ2) is 5.75. The highest BCUT2D eigenvalue weighted by atomic mass is 16.3. The van der Waals surface area contributed by atoms with Crippen molar-refractivity contribution in [3.8, 4) is 5.75 Å². The Morgan fingerprint density at radius 2 is 1.89 bits per heavy atom. The third kappa shape index (κ3) is 3.26. The fourth-order valence-corrected chi connectivity index (χ4v) is 2.80. The van der Waals surface area contributed by atoms with Crippen molar-refractivity contribution in [1.82, 2.24) is 4.90 Å². The first-order chi connectivity index (χ1) is 8.56.